The summed E-state index contributed by atoms with van der Waals surface area (Å²) in [5, 5.41) is 15.5. The van der Waals surface area contributed by atoms with Gasteiger partial charge in [-0.05, 0) is 30.3 Å². The first-order valence-electron chi connectivity index (χ1n) is 8.09. The van der Waals surface area contributed by atoms with Crippen molar-refractivity contribution in [3.63, 3.8) is 0 Å². The quantitative estimate of drug-likeness (QED) is 0.593. The summed E-state index contributed by atoms with van der Waals surface area (Å²) in [4.78, 5) is 30.5. The second kappa shape index (κ2) is 5.81. The summed E-state index contributed by atoms with van der Waals surface area (Å²) in [5.41, 5.74) is -0.226. The van der Waals surface area contributed by atoms with Crippen LogP contribution in [0.3, 0.4) is 0 Å². The Morgan fingerprint density at radius 2 is 1.75 bits per heavy atom. The van der Waals surface area contributed by atoms with Gasteiger partial charge in [0, 0.05) is 20.6 Å². The molecule has 0 fully saturated rings. The topological polar surface area (TPSA) is 145 Å². The number of aliphatic hydroxyl groups is 1. The molecule has 0 saturated heterocycles. The second-order valence-corrected chi connectivity index (χ2v) is 7.90. The molecule has 146 valence electrons. The third-order valence-electron chi connectivity index (χ3n) is 4.64. The van der Waals surface area contributed by atoms with Crippen molar-refractivity contribution in [2.45, 2.75) is 11.4 Å². The zero-order chi connectivity index (χ0) is 20.4. The summed E-state index contributed by atoms with van der Waals surface area (Å²) in [6, 6.07) is 5.51. The van der Waals surface area contributed by atoms with E-state index < -0.39 is 21.3 Å². The van der Waals surface area contributed by atoms with E-state index in [0.29, 0.717) is 5.69 Å². The van der Waals surface area contributed by atoms with Gasteiger partial charge in [-0.1, -0.05) is 0 Å². The molecule has 1 aromatic carbocycles. The second-order valence-electron chi connectivity index (χ2n) is 6.34. The highest BCUT2D eigenvalue weighted by Gasteiger charge is 2.28. The molecule has 0 saturated carbocycles. The van der Waals surface area contributed by atoms with Gasteiger partial charge in [-0.25, -0.2) is 18.4 Å². The Labute approximate surface area is 158 Å². The molecule has 28 heavy (non-hydrogen) atoms. The van der Waals surface area contributed by atoms with Gasteiger partial charge in [0.2, 0.25) is 16.0 Å². The van der Waals surface area contributed by atoms with E-state index in [0.717, 1.165) is 4.57 Å². The Bertz CT molecular complexity index is 1380. The van der Waals surface area contributed by atoms with E-state index in [9.17, 15) is 23.1 Å². The Hall–Kier alpha value is -3.38. The molecule has 0 aliphatic carbocycles. The predicted octanol–water partition coefficient (Wildman–Crippen LogP) is -0.368. The lowest BCUT2D eigenvalue weighted by molar-refractivity contribution is 0.390. The number of benzene rings is 1. The highest BCUT2D eigenvalue weighted by Crippen LogP contribution is 2.33. The van der Waals surface area contributed by atoms with Crippen molar-refractivity contribution in [2.75, 3.05) is 4.90 Å². The van der Waals surface area contributed by atoms with Crippen LogP contribution in [0.1, 0.15) is 0 Å². The number of fused-ring (bicyclic) bond motifs is 3. The number of primary sulfonamides is 1. The first-order chi connectivity index (χ1) is 13.1. The molecule has 0 amide bonds. The fourth-order valence-electron chi connectivity index (χ4n) is 3.18. The van der Waals surface area contributed by atoms with E-state index >= 15 is 0 Å². The molecule has 0 unspecified atom stereocenters. The predicted molar refractivity (Wildman–Crippen MR) is 101 cm³/mol. The van der Waals surface area contributed by atoms with E-state index in [2.05, 4.69) is 4.98 Å². The van der Waals surface area contributed by atoms with Gasteiger partial charge in [0.1, 0.15) is 0 Å². The van der Waals surface area contributed by atoms with Crippen LogP contribution in [-0.4, -0.2) is 32.2 Å². The third-order valence-corrected chi connectivity index (χ3v) is 5.57. The standard InChI is InChI=1S/C16H16N6O5S/c1-19-13-12(14(24)20(2)16(19)25)21-8-7-11(23)22(15(21)18-13)9-3-5-10(6-4-9)28(17,26)27/h3-7,23H,8H2,1-2H3,(H2,17,26,27). The van der Waals surface area contributed by atoms with Crippen LogP contribution in [0.25, 0.3) is 11.2 Å². The largest absolute Gasteiger partial charge is 0.494 e. The zero-order valence-electron chi connectivity index (χ0n) is 14.9. The van der Waals surface area contributed by atoms with E-state index in [4.69, 9.17) is 5.14 Å². The fourth-order valence-corrected chi connectivity index (χ4v) is 3.69. The lowest BCUT2D eigenvalue weighted by Crippen LogP contribution is -2.37. The maximum atomic E-state index is 12.6. The van der Waals surface area contributed by atoms with Crippen LogP contribution >= 0.6 is 0 Å². The van der Waals surface area contributed by atoms with Gasteiger partial charge in [-0.15, -0.1) is 0 Å². The molecule has 0 radical (unpaired) electrons. The van der Waals surface area contributed by atoms with Crippen LogP contribution in [0.2, 0.25) is 0 Å². The smallest absolute Gasteiger partial charge is 0.332 e. The monoisotopic (exact) mass is 404 g/mol. The molecule has 0 spiro atoms. The van der Waals surface area contributed by atoms with Gasteiger partial charge in [0.25, 0.3) is 5.56 Å². The third kappa shape index (κ3) is 2.46. The number of anilines is 2. The molecule has 0 atom stereocenters. The number of allylic oxidation sites excluding steroid dienone is 1. The first kappa shape index (κ1) is 18.0. The van der Waals surface area contributed by atoms with Crippen molar-refractivity contribution < 1.29 is 13.5 Å². The lowest BCUT2D eigenvalue weighted by Gasteiger charge is -2.26. The Morgan fingerprint density at radius 3 is 2.36 bits per heavy atom. The minimum absolute atomic E-state index is 0.0819. The van der Waals surface area contributed by atoms with E-state index in [1.54, 1.807) is 4.57 Å². The first-order valence-corrected chi connectivity index (χ1v) is 9.64. The molecule has 0 bridgehead atoms. The summed E-state index contributed by atoms with van der Waals surface area (Å²) < 4.78 is 26.7. The van der Waals surface area contributed by atoms with Gasteiger partial charge in [-0.2, -0.15) is 4.98 Å². The molecule has 1 aliphatic heterocycles. The average molecular weight is 404 g/mol. The van der Waals surface area contributed by atoms with Crippen molar-refractivity contribution >= 4 is 32.8 Å². The van der Waals surface area contributed by atoms with Crippen molar-refractivity contribution in [3.05, 3.63) is 57.1 Å². The van der Waals surface area contributed by atoms with Crippen molar-refractivity contribution in [1.29, 1.82) is 0 Å². The molecule has 12 heteroatoms. The molecule has 1 aliphatic rings. The average Bonchev–Trinajstić information content (AvgIpc) is 3.03. The lowest BCUT2D eigenvalue weighted by atomic mass is 10.3. The molecular formula is C16H16N6O5S. The van der Waals surface area contributed by atoms with E-state index in [1.165, 1.54) is 53.9 Å². The van der Waals surface area contributed by atoms with Crippen molar-refractivity contribution in [2.24, 2.45) is 19.2 Å². The number of aliphatic hydroxyl groups excluding tert-OH is 1. The van der Waals surface area contributed by atoms with Gasteiger partial charge in [0.15, 0.2) is 17.0 Å². The Balaban J connectivity index is 1.97. The zero-order valence-corrected chi connectivity index (χ0v) is 15.7. The minimum Gasteiger partial charge on any atom is -0.494 e. The number of sulfonamides is 1. The van der Waals surface area contributed by atoms with Gasteiger partial charge in [-0.3, -0.25) is 23.4 Å². The van der Waals surface area contributed by atoms with Gasteiger partial charge >= 0.3 is 5.69 Å². The number of hydrogen-bond donors (Lipinski definition) is 2. The number of imidazole rings is 1. The van der Waals surface area contributed by atoms with Crippen LogP contribution < -0.4 is 21.3 Å². The number of nitrogens with two attached hydrogens (primary N) is 1. The van der Waals surface area contributed by atoms with Crippen LogP contribution in [-0.2, 0) is 30.7 Å². The van der Waals surface area contributed by atoms with E-state index in [-0.39, 0.29) is 34.4 Å². The number of hydrogen-bond acceptors (Lipinski definition) is 7. The van der Waals surface area contributed by atoms with Gasteiger partial charge in [0.05, 0.1) is 10.6 Å². The molecule has 2 aromatic heterocycles. The van der Waals surface area contributed by atoms with Crippen LogP contribution in [0.15, 0.2) is 50.7 Å². The van der Waals surface area contributed by atoms with Crippen LogP contribution in [0.4, 0.5) is 11.6 Å². The summed E-state index contributed by atoms with van der Waals surface area (Å²) in [5.74, 6) is 0.0737. The SMILES string of the molecule is Cn1c(=O)c2c(nc3n2CC=C(O)N3c2ccc(S(N)(=O)=O)cc2)n(C)c1=O. The molecule has 4 rings (SSSR count). The fraction of sp³-hybridized carbons (Fsp3) is 0.188. The number of rotatable bonds is 2. The maximum absolute atomic E-state index is 12.6. The Kier molecular flexibility index (Phi) is 3.73. The number of nitrogens with zero attached hydrogens (tertiary/aromatic N) is 5. The Morgan fingerprint density at radius 1 is 1.11 bits per heavy atom. The van der Waals surface area contributed by atoms with Crippen molar-refractivity contribution in [1.82, 2.24) is 18.7 Å². The van der Waals surface area contributed by atoms with E-state index in [1.807, 2.05) is 0 Å². The number of aryl methyl sites for hydroxylation is 1. The normalized spacial score (nSPS) is 14.2. The minimum atomic E-state index is -3.86. The summed E-state index contributed by atoms with van der Waals surface area (Å²) in [6.07, 6.45) is 1.48. The number of aromatic nitrogens is 4. The molecular weight excluding hydrogens is 388 g/mol. The highest BCUT2D eigenvalue weighted by molar-refractivity contribution is 7.89. The van der Waals surface area contributed by atoms with Gasteiger partial charge < -0.3 is 5.11 Å². The van der Waals surface area contributed by atoms with Crippen molar-refractivity contribution in [3.8, 4) is 0 Å². The molecule has 11 nitrogen and oxygen atoms in total. The summed E-state index contributed by atoms with van der Waals surface area (Å²) in [6.45, 7) is 0.177. The molecule has 3 aromatic rings. The molecule has 3 heterocycles. The summed E-state index contributed by atoms with van der Waals surface area (Å²) >= 11 is 0. The van der Waals surface area contributed by atoms with Crippen LogP contribution in [0.5, 0.6) is 0 Å². The highest BCUT2D eigenvalue weighted by atomic mass is 32.2. The van der Waals surface area contributed by atoms with Crippen LogP contribution in [0, 0.1) is 0 Å². The molecule has 3 N–H and O–H groups in total. The maximum Gasteiger partial charge on any atom is 0.332 e. The summed E-state index contributed by atoms with van der Waals surface area (Å²) in [7, 11) is -0.984.